The third kappa shape index (κ3) is 6.21. The normalized spacial score (nSPS) is 13.6. The summed E-state index contributed by atoms with van der Waals surface area (Å²) in [5.74, 6) is 0.893. The van der Waals surface area contributed by atoms with Crippen LogP contribution in [-0.4, -0.2) is 62.6 Å². The van der Waals surface area contributed by atoms with Crippen molar-refractivity contribution in [1.82, 2.24) is 19.3 Å². The minimum atomic E-state index is -0.254. The Hall–Kier alpha value is -3.96. The maximum absolute atomic E-state index is 14.4. The maximum atomic E-state index is 14.4. The van der Waals surface area contributed by atoms with Crippen molar-refractivity contribution in [3.8, 4) is 11.3 Å². The van der Waals surface area contributed by atoms with Gasteiger partial charge in [0, 0.05) is 47.2 Å². The van der Waals surface area contributed by atoms with Crippen molar-refractivity contribution >= 4 is 41.3 Å². The maximum Gasteiger partial charge on any atom is 0.290 e. The van der Waals surface area contributed by atoms with E-state index in [-0.39, 0.29) is 18.2 Å². The molecular formula is C28H31FN6O3S. The first-order valence-corrected chi connectivity index (χ1v) is 13.7. The molecule has 5 rings (SSSR count). The van der Waals surface area contributed by atoms with Crippen LogP contribution in [0.15, 0.2) is 59.9 Å². The highest BCUT2D eigenvalue weighted by atomic mass is 32.2. The summed E-state index contributed by atoms with van der Waals surface area (Å²) in [5, 5.41) is 10.2. The van der Waals surface area contributed by atoms with Crippen LogP contribution in [0.3, 0.4) is 0 Å². The lowest BCUT2D eigenvalue weighted by Crippen LogP contribution is -2.40. The zero-order chi connectivity index (χ0) is 27.9. The number of imidazole rings is 1. The number of halogens is 1. The first kappa shape index (κ1) is 28.1. The van der Waals surface area contributed by atoms with E-state index >= 15 is 0 Å². The smallest absolute Gasteiger partial charge is 0.290 e. The molecule has 4 aromatic rings. The van der Waals surface area contributed by atoms with Crippen molar-refractivity contribution < 1.29 is 19.1 Å². The number of carbonyl (C=O) groups excluding carboxylic acids is 1. The van der Waals surface area contributed by atoms with Crippen LogP contribution in [0.25, 0.3) is 16.9 Å². The Morgan fingerprint density at radius 1 is 1.23 bits per heavy atom. The molecule has 204 valence electrons. The van der Waals surface area contributed by atoms with Crippen LogP contribution in [0.1, 0.15) is 28.8 Å². The molecule has 1 aliphatic rings. The molecule has 4 N–H and O–H groups in total. The number of aromatic nitrogens is 3. The van der Waals surface area contributed by atoms with Gasteiger partial charge in [-0.25, -0.2) is 14.4 Å². The molecule has 0 spiro atoms. The molecule has 0 saturated carbocycles. The molecule has 0 atom stereocenters. The van der Waals surface area contributed by atoms with E-state index in [4.69, 9.17) is 15.6 Å². The van der Waals surface area contributed by atoms with Crippen molar-refractivity contribution in [3.63, 3.8) is 0 Å². The number of benzene rings is 2. The molecule has 9 nitrogen and oxygen atoms in total. The summed E-state index contributed by atoms with van der Waals surface area (Å²) in [6.45, 7) is 3.87. The molecule has 3 heterocycles. The number of nitrogens with one attached hydrogen (secondary N) is 1. The summed E-state index contributed by atoms with van der Waals surface area (Å²) >= 11 is 1.38. The first-order valence-electron chi connectivity index (χ1n) is 12.5. The fourth-order valence-electron chi connectivity index (χ4n) is 4.71. The topological polar surface area (TPSA) is 126 Å². The molecule has 11 heteroatoms. The number of nitrogens with two attached hydrogens (primary N) is 1. The van der Waals surface area contributed by atoms with Crippen LogP contribution >= 0.6 is 11.8 Å². The molecule has 0 aliphatic carbocycles. The Kier molecular flexibility index (Phi) is 9.15. The van der Waals surface area contributed by atoms with Crippen molar-refractivity contribution in [1.29, 1.82) is 0 Å². The first-order chi connectivity index (χ1) is 18.9. The number of rotatable bonds is 6. The molecule has 1 aliphatic heterocycles. The zero-order valence-electron chi connectivity index (χ0n) is 21.8. The molecule has 2 aromatic heterocycles. The second-order valence-electron chi connectivity index (χ2n) is 9.19. The number of carboxylic acid groups (broad SMARTS) is 1. The molecule has 1 fully saturated rings. The number of piperidine rings is 1. The molecular weight excluding hydrogens is 519 g/mol. The Morgan fingerprint density at radius 2 is 1.97 bits per heavy atom. The number of carbonyl (C=O) groups is 2. The number of fused-ring (bicyclic) bond motifs is 1. The van der Waals surface area contributed by atoms with E-state index in [0.29, 0.717) is 34.4 Å². The van der Waals surface area contributed by atoms with Crippen LogP contribution in [0.2, 0.25) is 0 Å². The number of aryl methyl sites for hydroxylation is 1. The second kappa shape index (κ2) is 12.7. The van der Waals surface area contributed by atoms with Crippen molar-refractivity contribution in [2.75, 3.05) is 31.2 Å². The minimum absolute atomic E-state index is 0.0624. The number of hydrogen-bond acceptors (Lipinski definition) is 7. The number of thioether (sulfide) groups is 1. The standard InChI is InChI=1S/C27H29FN6OS.CH2O2/c1-17-13-20(4-5-21(17)27(35)33-10-7-18(15-29)8-11-33)32-25-26-31-16-23(34(26)12-9-30-25)19-3-6-24(36-2)22(28)14-19;2-1-3/h3-6,9,12-14,16,18H,7-8,10-11,15,29H2,1-2H3,(H,30,32);1H,(H,2,3). The summed E-state index contributed by atoms with van der Waals surface area (Å²) in [5.41, 5.74) is 10.3. The summed E-state index contributed by atoms with van der Waals surface area (Å²) in [6.07, 6.45) is 8.98. The molecule has 0 radical (unpaired) electrons. The third-order valence-corrected chi connectivity index (χ3v) is 7.60. The lowest BCUT2D eigenvalue weighted by atomic mass is 9.96. The van der Waals surface area contributed by atoms with Gasteiger partial charge in [0.2, 0.25) is 0 Å². The third-order valence-electron chi connectivity index (χ3n) is 6.83. The zero-order valence-corrected chi connectivity index (χ0v) is 22.6. The van der Waals surface area contributed by atoms with Crippen LogP contribution in [-0.2, 0) is 4.79 Å². The Labute approximate surface area is 230 Å². The van der Waals surface area contributed by atoms with Gasteiger partial charge in [-0.15, -0.1) is 11.8 Å². The van der Waals surface area contributed by atoms with Crippen LogP contribution in [0, 0.1) is 18.7 Å². The van der Waals surface area contributed by atoms with Crippen LogP contribution in [0.5, 0.6) is 0 Å². The lowest BCUT2D eigenvalue weighted by molar-refractivity contribution is -0.122. The van der Waals surface area contributed by atoms with Crippen molar-refractivity contribution in [2.45, 2.75) is 24.7 Å². The van der Waals surface area contributed by atoms with Gasteiger partial charge in [-0.05, 0) is 74.4 Å². The average molecular weight is 551 g/mol. The highest BCUT2D eigenvalue weighted by molar-refractivity contribution is 7.98. The van der Waals surface area contributed by atoms with Crippen molar-refractivity contribution in [3.05, 3.63) is 71.9 Å². The Bertz CT molecular complexity index is 1470. The second-order valence-corrected chi connectivity index (χ2v) is 10.0. The highest BCUT2D eigenvalue weighted by Gasteiger charge is 2.24. The summed E-state index contributed by atoms with van der Waals surface area (Å²) < 4.78 is 16.3. The quantitative estimate of drug-likeness (QED) is 0.230. The van der Waals surface area contributed by atoms with E-state index in [1.54, 1.807) is 18.5 Å². The van der Waals surface area contributed by atoms with E-state index in [0.717, 1.165) is 48.4 Å². The van der Waals surface area contributed by atoms with E-state index in [2.05, 4.69) is 15.3 Å². The number of nitrogens with zero attached hydrogens (tertiary/aromatic N) is 4. The van der Waals surface area contributed by atoms with Crippen LogP contribution < -0.4 is 11.1 Å². The highest BCUT2D eigenvalue weighted by Crippen LogP contribution is 2.29. The van der Waals surface area contributed by atoms with Gasteiger partial charge in [0.1, 0.15) is 5.82 Å². The predicted octanol–water partition coefficient (Wildman–Crippen LogP) is 4.82. The van der Waals surface area contributed by atoms with Gasteiger partial charge >= 0.3 is 0 Å². The van der Waals surface area contributed by atoms with Crippen LogP contribution in [0.4, 0.5) is 15.9 Å². The fourth-order valence-corrected chi connectivity index (χ4v) is 5.16. The number of hydrogen-bond donors (Lipinski definition) is 3. The molecule has 39 heavy (non-hydrogen) atoms. The van der Waals surface area contributed by atoms with Gasteiger partial charge in [0.25, 0.3) is 12.4 Å². The summed E-state index contributed by atoms with van der Waals surface area (Å²) in [4.78, 5) is 33.0. The summed E-state index contributed by atoms with van der Waals surface area (Å²) in [6, 6.07) is 10.9. The number of anilines is 2. The van der Waals surface area contributed by atoms with Crippen molar-refractivity contribution in [2.24, 2.45) is 11.7 Å². The SMILES string of the molecule is CSc1ccc(-c2cnc3c(Nc4ccc(C(=O)N5CCC(CN)CC5)c(C)c4)nccn23)cc1F.O=CO. The van der Waals surface area contributed by atoms with Gasteiger partial charge in [-0.1, -0.05) is 6.07 Å². The predicted molar refractivity (Wildman–Crippen MR) is 151 cm³/mol. The van der Waals surface area contributed by atoms with Gasteiger partial charge in [0.15, 0.2) is 11.5 Å². The van der Waals surface area contributed by atoms with Gasteiger partial charge < -0.3 is 21.1 Å². The fraction of sp³-hybridized carbons (Fsp3) is 0.286. The minimum Gasteiger partial charge on any atom is -0.483 e. The monoisotopic (exact) mass is 550 g/mol. The lowest BCUT2D eigenvalue weighted by Gasteiger charge is -2.31. The number of amides is 1. The van der Waals surface area contributed by atoms with E-state index in [1.807, 2.05) is 52.9 Å². The van der Waals surface area contributed by atoms with E-state index < -0.39 is 0 Å². The molecule has 1 saturated heterocycles. The van der Waals surface area contributed by atoms with E-state index in [1.165, 1.54) is 17.8 Å². The van der Waals surface area contributed by atoms with Gasteiger partial charge in [-0.2, -0.15) is 0 Å². The summed E-state index contributed by atoms with van der Waals surface area (Å²) in [7, 11) is 0. The molecule has 0 unspecified atom stereocenters. The molecule has 2 aromatic carbocycles. The largest absolute Gasteiger partial charge is 0.483 e. The van der Waals surface area contributed by atoms with Gasteiger partial charge in [-0.3, -0.25) is 14.0 Å². The molecule has 1 amide bonds. The van der Waals surface area contributed by atoms with Gasteiger partial charge in [0.05, 0.1) is 11.9 Å². The number of likely N-dealkylation sites (tertiary alicyclic amines) is 1. The Morgan fingerprint density at radius 3 is 2.62 bits per heavy atom. The Balaban J connectivity index is 0.00000112. The van der Waals surface area contributed by atoms with E-state index in [9.17, 15) is 9.18 Å². The average Bonchev–Trinajstić information content (AvgIpc) is 3.38. The molecule has 0 bridgehead atoms.